The van der Waals surface area contributed by atoms with Gasteiger partial charge in [0.15, 0.2) is 0 Å². The van der Waals surface area contributed by atoms with Gasteiger partial charge in [-0.1, -0.05) is 29.8 Å². The predicted octanol–water partition coefficient (Wildman–Crippen LogP) is 2.01. The number of carbonyl (C=O) groups excluding carboxylic acids is 2. The molecule has 0 spiro atoms. The van der Waals surface area contributed by atoms with Crippen LogP contribution in [0, 0.1) is 6.92 Å². The topological polar surface area (TPSA) is 54.4 Å². The Morgan fingerprint density at radius 1 is 1.29 bits per heavy atom. The van der Waals surface area contributed by atoms with Crippen LogP contribution in [0.3, 0.4) is 0 Å². The summed E-state index contributed by atoms with van der Waals surface area (Å²) >= 11 is 0. The lowest BCUT2D eigenvalue weighted by atomic mass is 9.93. The average molecular weight is 234 g/mol. The molecule has 0 amide bonds. The van der Waals surface area contributed by atoms with Gasteiger partial charge in [-0.2, -0.15) is 0 Å². The molecule has 0 heterocycles. The number of hydrogen-bond donors (Lipinski definition) is 1. The van der Waals surface area contributed by atoms with E-state index in [0.717, 1.165) is 11.1 Å². The standard InChI is InChI=1S/C14H18O3/c1-11-5-7-12(8-6-11)13(10-16)14(17)4-2-3-9-15/h5-8,10,13,15H,2-4,9H2,1H3. The zero-order valence-electron chi connectivity index (χ0n) is 10.1. The van der Waals surface area contributed by atoms with E-state index in [1.807, 2.05) is 31.2 Å². The van der Waals surface area contributed by atoms with Gasteiger partial charge in [-0.05, 0) is 25.3 Å². The van der Waals surface area contributed by atoms with Gasteiger partial charge in [0.25, 0.3) is 0 Å². The first kappa shape index (κ1) is 13.6. The van der Waals surface area contributed by atoms with E-state index >= 15 is 0 Å². The molecule has 0 saturated heterocycles. The van der Waals surface area contributed by atoms with Crippen molar-refractivity contribution < 1.29 is 14.7 Å². The summed E-state index contributed by atoms with van der Waals surface area (Å²) in [6.45, 7) is 2.05. The Labute approximate surface area is 101 Å². The number of carbonyl (C=O) groups is 2. The summed E-state index contributed by atoms with van der Waals surface area (Å²) in [5, 5.41) is 8.64. The van der Waals surface area contributed by atoms with Crippen molar-refractivity contribution in [1.82, 2.24) is 0 Å². The largest absolute Gasteiger partial charge is 0.396 e. The molecule has 0 aliphatic carbocycles. The first-order valence-electron chi connectivity index (χ1n) is 5.84. The predicted molar refractivity (Wildman–Crippen MR) is 65.9 cm³/mol. The number of aliphatic hydroxyl groups is 1. The third kappa shape index (κ3) is 4.11. The van der Waals surface area contributed by atoms with E-state index in [9.17, 15) is 9.59 Å². The molecule has 1 aromatic carbocycles. The summed E-state index contributed by atoms with van der Waals surface area (Å²) in [5.74, 6) is -0.730. The fraction of sp³-hybridized carbons (Fsp3) is 0.429. The number of ketones is 1. The number of hydrogen-bond acceptors (Lipinski definition) is 3. The second-order valence-corrected chi connectivity index (χ2v) is 4.17. The highest BCUT2D eigenvalue weighted by molar-refractivity contribution is 5.98. The first-order chi connectivity index (χ1) is 8.19. The normalized spacial score (nSPS) is 12.1. The lowest BCUT2D eigenvalue weighted by molar-refractivity contribution is -0.124. The summed E-state index contributed by atoms with van der Waals surface area (Å²) in [4.78, 5) is 22.8. The summed E-state index contributed by atoms with van der Waals surface area (Å²) in [6, 6.07) is 7.43. The van der Waals surface area contributed by atoms with Crippen molar-refractivity contribution in [3.05, 3.63) is 35.4 Å². The zero-order chi connectivity index (χ0) is 12.7. The van der Waals surface area contributed by atoms with Gasteiger partial charge < -0.3 is 9.90 Å². The van der Waals surface area contributed by atoms with Crippen LogP contribution in [0.5, 0.6) is 0 Å². The molecule has 0 aliphatic rings. The first-order valence-corrected chi connectivity index (χ1v) is 5.84. The van der Waals surface area contributed by atoms with Gasteiger partial charge >= 0.3 is 0 Å². The Kier molecular flexibility index (Phi) is 5.57. The van der Waals surface area contributed by atoms with Crippen molar-refractivity contribution in [2.75, 3.05) is 6.61 Å². The minimum atomic E-state index is -0.658. The lowest BCUT2D eigenvalue weighted by Crippen LogP contribution is -2.14. The van der Waals surface area contributed by atoms with Gasteiger partial charge in [0.05, 0.1) is 5.92 Å². The highest BCUT2D eigenvalue weighted by atomic mass is 16.3. The molecule has 0 fully saturated rings. The monoisotopic (exact) mass is 234 g/mol. The van der Waals surface area contributed by atoms with E-state index in [-0.39, 0.29) is 12.4 Å². The van der Waals surface area contributed by atoms with E-state index < -0.39 is 5.92 Å². The van der Waals surface area contributed by atoms with E-state index in [4.69, 9.17) is 5.11 Å². The smallest absolute Gasteiger partial charge is 0.147 e. The second-order valence-electron chi connectivity index (χ2n) is 4.17. The Morgan fingerprint density at radius 3 is 2.47 bits per heavy atom. The van der Waals surface area contributed by atoms with Crippen LogP contribution >= 0.6 is 0 Å². The lowest BCUT2D eigenvalue weighted by Gasteiger charge is -2.09. The van der Waals surface area contributed by atoms with E-state index in [0.29, 0.717) is 25.5 Å². The summed E-state index contributed by atoms with van der Waals surface area (Å²) in [5.41, 5.74) is 1.85. The third-order valence-electron chi connectivity index (χ3n) is 2.75. The van der Waals surface area contributed by atoms with Crippen molar-refractivity contribution >= 4 is 12.1 Å². The molecule has 0 bridgehead atoms. The molecule has 0 saturated carbocycles. The fourth-order valence-corrected chi connectivity index (χ4v) is 1.68. The summed E-state index contributed by atoms with van der Waals surface area (Å²) in [7, 11) is 0. The number of rotatable bonds is 7. The number of aliphatic hydroxyl groups excluding tert-OH is 1. The van der Waals surface area contributed by atoms with Crippen molar-refractivity contribution in [3.8, 4) is 0 Å². The number of aryl methyl sites for hydroxylation is 1. The molecule has 3 nitrogen and oxygen atoms in total. The number of benzene rings is 1. The zero-order valence-corrected chi connectivity index (χ0v) is 10.1. The SMILES string of the molecule is Cc1ccc(C(C=O)C(=O)CCCCO)cc1. The van der Waals surface area contributed by atoms with Gasteiger partial charge in [-0.15, -0.1) is 0 Å². The Hall–Kier alpha value is -1.48. The summed E-state index contributed by atoms with van der Waals surface area (Å²) < 4.78 is 0. The quantitative estimate of drug-likeness (QED) is 0.446. The molecule has 17 heavy (non-hydrogen) atoms. The molecule has 0 aliphatic heterocycles. The molecular weight excluding hydrogens is 216 g/mol. The van der Waals surface area contributed by atoms with Crippen LogP contribution in [0.25, 0.3) is 0 Å². The van der Waals surface area contributed by atoms with Crippen LogP contribution in [0.2, 0.25) is 0 Å². The molecule has 3 heteroatoms. The van der Waals surface area contributed by atoms with Crippen molar-refractivity contribution in [2.45, 2.75) is 32.1 Å². The highest BCUT2D eigenvalue weighted by Crippen LogP contribution is 2.18. The van der Waals surface area contributed by atoms with Crippen LogP contribution in [0.15, 0.2) is 24.3 Å². The molecule has 1 unspecified atom stereocenters. The minimum absolute atomic E-state index is 0.0719. The van der Waals surface area contributed by atoms with Gasteiger partial charge in [0.1, 0.15) is 12.1 Å². The van der Waals surface area contributed by atoms with Gasteiger partial charge in [-0.25, -0.2) is 0 Å². The van der Waals surface area contributed by atoms with E-state index in [2.05, 4.69) is 0 Å². The Balaban J connectivity index is 2.67. The molecule has 1 aromatic rings. The van der Waals surface area contributed by atoms with Crippen molar-refractivity contribution in [3.63, 3.8) is 0 Å². The van der Waals surface area contributed by atoms with E-state index in [1.54, 1.807) is 0 Å². The highest BCUT2D eigenvalue weighted by Gasteiger charge is 2.18. The maximum atomic E-state index is 11.8. The van der Waals surface area contributed by atoms with Gasteiger partial charge in [0.2, 0.25) is 0 Å². The van der Waals surface area contributed by atoms with Crippen molar-refractivity contribution in [1.29, 1.82) is 0 Å². The number of aldehydes is 1. The maximum absolute atomic E-state index is 11.8. The minimum Gasteiger partial charge on any atom is -0.396 e. The third-order valence-corrected chi connectivity index (χ3v) is 2.75. The van der Waals surface area contributed by atoms with Gasteiger partial charge in [0, 0.05) is 13.0 Å². The molecule has 0 aromatic heterocycles. The van der Waals surface area contributed by atoms with Crippen LogP contribution in [-0.2, 0) is 9.59 Å². The molecule has 0 radical (unpaired) electrons. The Bertz CT molecular complexity index is 368. The molecule has 92 valence electrons. The maximum Gasteiger partial charge on any atom is 0.147 e. The molecule has 1 atom stereocenters. The van der Waals surface area contributed by atoms with Crippen LogP contribution < -0.4 is 0 Å². The number of Topliss-reactive ketones (excluding diaryl/α,β-unsaturated/α-hetero) is 1. The van der Waals surface area contributed by atoms with Crippen molar-refractivity contribution in [2.24, 2.45) is 0 Å². The van der Waals surface area contributed by atoms with Crippen LogP contribution in [0.4, 0.5) is 0 Å². The van der Waals surface area contributed by atoms with Gasteiger partial charge in [-0.3, -0.25) is 4.79 Å². The molecule has 1 rings (SSSR count). The average Bonchev–Trinajstić information content (AvgIpc) is 2.33. The Morgan fingerprint density at radius 2 is 1.94 bits per heavy atom. The fourth-order valence-electron chi connectivity index (χ4n) is 1.68. The second kappa shape index (κ2) is 6.97. The molecule has 1 N–H and O–H groups in total. The number of unbranched alkanes of at least 4 members (excludes halogenated alkanes) is 1. The summed E-state index contributed by atoms with van der Waals surface area (Å²) in [6.07, 6.45) is 2.28. The van der Waals surface area contributed by atoms with Crippen LogP contribution in [0.1, 0.15) is 36.3 Å². The van der Waals surface area contributed by atoms with Crippen LogP contribution in [-0.4, -0.2) is 23.8 Å². The molecular formula is C14H18O3. The van der Waals surface area contributed by atoms with E-state index in [1.165, 1.54) is 0 Å².